The maximum Gasteiger partial charge on any atom is 0.256 e. The summed E-state index contributed by atoms with van der Waals surface area (Å²) in [4.78, 5) is 16.4. The molecule has 1 saturated heterocycles. The second-order valence-electron chi connectivity index (χ2n) is 4.11. The second-order valence-corrected chi connectivity index (χ2v) is 4.11. The van der Waals surface area contributed by atoms with Crippen molar-refractivity contribution >= 4 is 22.8 Å². The molecule has 1 aromatic carbocycles. The predicted molar refractivity (Wildman–Crippen MR) is 64.7 cm³/mol. The number of hydrogen-bond donors (Lipinski definition) is 3. The molecule has 2 aromatic rings. The number of fused-ring (bicyclic) bond motifs is 1. The Labute approximate surface area is 97.9 Å². The van der Waals surface area contributed by atoms with Crippen molar-refractivity contribution in [2.45, 2.75) is 6.04 Å². The molecule has 2 heterocycles. The van der Waals surface area contributed by atoms with Crippen LogP contribution in [0.25, 0.3) is 10.9 Å². The molecule has 17 heavy (non-hydrogen) atoms. The van der Waals surface area contributed by atoms with Gasteiger partial charge in [0, 0.05) is 29.7 Å². The van der Waals surface area contributed by atoms with Gasteiger partial charge in [-0.15, -0.1) is 0 Å². The maximum absolute atomic E-state index is 12.0. The topological polar surface area (TPSA) is 72.0 Å². The number of benzene rings is 1. The van der Waals surface area contributed by atoms with Crippen LogP contribution in [0, 0.1) is 5.41 Å². The first-order valence-corrected chi connectivity index (χ1v) is 5.37. The smallest absolute Gasteiger partial charge is 0.256 e. The Balaban J connectivity index is 2.11. The van der Waals surface area contributed by atoms with Gasteiger partial charge in [-0.3, -0.25) is 15.1 Å². The average Bonchev–Trinajstić information content (AvgIpc) is 2.86. The van der Waals surface area contributed by atoms with Crippen molar-refractivity contribution in [3.63, 3.8) is 0 Å². The van der Waals surface area contributed by atoms with Crippen molar-refractivity contribution in [3.05, 3.63) is 36.0 Å². The lowest BCUT2D eigenvalue weighted by atomic mass is 10.1. The van der Waals surface area contributed by atoms with Crippen molar-refractivity contribution in [1.29, 1.82) is 5.41 Å². The number of H-pyrrole nitrogens is 1. The van der Waals surface area contributed by atoms with Crippen LogP contribution in [0.5, 0.6) is 0 Å². The Kier molecular flexibility index (Phi) is 1.95. The highest BCUT2D eigenvalue weighted by molar-refractivity contribution is 6.06. The number of amides is 1. The normalized spacial score (nSPS) is 20.1. The van der Waals surface area contributed by atoms with Gasteiger partial charge >= 0.3 is 0 Å². The van der Waals surface area contributed by atoms with Crippen molar-refractivity contribution in [2.24, 2.45) is 0 Å². The van der Waals surface area contributed by atoms with Crippen LogP contribution in [0.3, 0.4) is 0 Å². The molecule has 5 nitrogen and oxygen atoms in total. The van der Waals surface area contributed by atoms with Crippen molar-refractivity contribution in [3.8, 4) is 0 Å². The van der Waals surface area contributed by atoms with Crippen LogP contribution in [0.4, 0.5) is 0 Å². The molecule has 1 atom stereocenters. The van der Waals surface area contributed by atoms with Crippen LogP contribution < -0.4 is 5.32 Å². The molecule has 1 aliphatic rings. The van der Waals surface area contributed by atoms with Crippen molar-refractivity contribution in [1.82, 2.24) is 15.2 Å². The van der Waals surface area contributed by atoms with E-state index >= 15 is 0 Å². The highest BCUT2D eigenvalue weighted by Crippen LogP contribution is 2.27. The van der Waals surface area contributed by atoms with Gasteiger partial charge in [0.25, 0.3) is 5.91 Å². The highest BCUT2D eigenvalue weighted by Gasteiger charge is 2.35. The number of para-hydroxylation sites is 1. The number of rotatable bonds is 1. The molecule has 1 amide bonds. The van der Waals surface area contributed by atoms with E-state index in [1.54, 1.807) is 7.05 Å². The number of carbonyl (C=O) groups is 1. The fourth-order valence-corrected chi connectivity index (χ4v) is 2.14. The molecule has 0 unspecified atom stereocenters. The summed E-state index contributed by atoms with van der Waals surface area (Å²) < 4.78 is 0. The summed E-state index contributed by atoms with van der Waals surface area (Å²) in [5.41, 5.74) is 1.89. The first kappa shape index (κ1) is 9.89. The summed E-state index contributed by atoms with van der Waals surface area (Å²) in [7, 11) is 1.60. The zero-order valence-corrected chi connectivity index (χ0v) is 9.32. The number of aromatic amines is 1. The van der Waals surface area contributed by atoms with Gasteiger partial charge in [0.05, 0.1) is 0 Å². The third-order valence-corrected chi connectivity index (χ3v) is 3.13. The van der Waals surface area contributed by atoms with E-state index in [4.69, 9.17) is 5.41 Å². The number of likely N-dealkylation sites (N-methyl/N-ethyl adjacent to an activating group) is 1. The van der Waals surface area contributed by atoms with Crippen LogP contribution in [-0.2, 0) is 4.79 Å². The van der Waals surface area contributed by atoms with Gasteiger partial charge in [0.1, 0.15) is 6.04 Å². The molecule has 1 fully saturated rings. The third-order valence-electron chi connectivity index (χ3n) is 3.13. The minimum absolute atomic E-state index is 0.0975. The Bertz CT molecular complexity index is 616. The van der Waals surface area contributed by atoms with E-state index in [0.29, 0.717) is 0 Å². The van der Waals surface area contributed by atoms with E-state index in [2.05, 4.69) is 10.3 Å². The number of nitrogens with one attached hydrogen (secondary N) is 3. The minimum atomic E-state index is -0.455. The first-order valence-electron chi connectivity index (χ1n) is 5.37. The van der Waals surface area contributed by atoms with E-state index in [1.807, 2.05) is 30.5 Å². The summed E-state index contributed by atoms with van der Waals surface area (Å²) >= 11 is 0. The molecule has 0 bridgehead atoms. The first-order chi connectivity index (χ1) is 8.18. The van der Waals surface area contributed by atoms with E-state index in [0.717, 1.165) is 16.5 Å². The van der Waals surface area contributed by atoms with Crippen LogP contribution >= 0.6 is 0 Å². The van der Waals surface area contributed by atoms with Gasteiger partial charge in [-0.25, -0.2) is 0 Å². The van der Waals surface area contributed by atoms with Crippen LogP contribution in [0.15, 0.2) is 30.5 Å². The number of hydrogen-bond acceptors (Lipinski definition) is 2. The quantitative estimate of drug-likeness (QED) is 0.686. The fourth-order valence-electron chi connectivity index (χ4n) is 2.14. The highest BCUT2D eigenvalue weighted by atomic mass is 16.2. The molecule has 0 saturated carbocycles. The van der Waals surface area contributed by atoms with E-state index in [1.165, 1.54) is 4.90 Å². The summed E-state index contributed by atoms with van der Waals surface area (Å²) in [5, 5.41) is 11.5. The molecular formula is C12H12N4O. The Morgan fingerprint density at radius 3 is 2.82 bits per heavy atom. The predicted octanol–water partition coefficient (Wildman–Crippen LogP) is 1.21. The molecule has 3 N–H and O–H groups in total. The van der Waals surface area contributed by atoms with Gasteiger partial charge in [0.15, 0.2) is 5.96 Å². The van der Waals surface area contributed by atoms with Gasteiger partial charge in [-0.2, -0.15) is 0 Å². The SMILES string of the molecule is CN1C(=N)N[C@@H](c2c[nH]c3ccccc23)C1=O. The van der Waals surface area contributed by atoms with Gasteiger partial charge < -0.3 is 10.3 Å². The number of nitrogens with zero attached hydrogens (tertiary/aromatic N) is 1. The zero-order valence-electron chi connectivity index (χ0n) is 9.32. The molecule has 1 aromatic heterocycles. The average molecular weight is 228 g/mol. The lowest BCUT2D eigenvalue weighted by Crippen LogP contribution is -2.26. The molecule has 0 aliphatic carbocycles. The summed E-state index contributed by atoms with van der Waals surface area (Å²) in [6.45, 7) is 0. The molecule has 3 rings (SSSR count). The van der Waals surface area contributed by atoms with Crippen molar-refractivity contribution < 1.29 is 4.79 Å². The molecule has 0 spiro atoms. The van der Waals surface area contributed by atoms with Crippen molar-refractivity contribution in [2.75, 3.05) is 7.05 Å². The van der Waals surface area contributed by atoms with Crippen LogP contribution in [0.2, 0.25) is 0 Å². The molecule has 1 aliphatic heterocycles. The van der Waals surface area contributed by atoms with E-state index in [9.17, 15) is 4.79 Å². The Morgan fingerprint density at radius 2 is 2.12 bits per heavy atom. The Morgan fingerprint density at radius 1 is 1.35 bits per heavy atom. The Hall–Kier alpha value is -2.30. The summed E-state index contributed by atoms with van der Waals surface area (Å²) in [6.07, 6.45) is 1.83. The monoisotopic (exact) mass is 228 g/mol. The summed E-state index contributed by atoms with van der Waals surface area (Å²) in [6, 6.07) is 7.36. The zero-order chi connectivity index (χ0) is 12.0. The molecular weight excluding hydrogens is 216 g/mol. The number of guanidine groups is 1. The third kappa shape index (κ3) is 1.32. The van der Waals surface area contributed by atoms with Crippen LogP contribution in [0.1, 0.15) is 11.6 Å². The van der Waals surface area contributed by atoms with E-state index in [-0.39, 0.29) is 11.9 Å². The molecule has 5 heteroatoms. The minimum Gasteiger partial charge on any atom is -0.361 e. The second kappa shape index (κ2) is 3.35. The standard InChI is InChI=1S/C12H12N4O/c1-16-11(17)10(15-12(16)13)8-6-14-9-5-3-2-4-7(8)9/h2-6,10,14H,1H3,(H2,13,15)/t10-/m0/s1. The fraction of sp³-hybridized carbons (Fsp3) is 0.167. The lowest BCUT2D eigenvalue weighted by Gasteiger charge is -2.06. The maximum atomic E-state index is 12.0. The number of carbonyl (C=O) groups excluding carboxylic acids is 1. The van der Waals surface area contributed by atoms with Gasteiger partial charge in [-0.1, -0.05) is 18.2 Å². The molecule has 0 radical (unpaired) electrons. The van der Waals surface area contributed by atoms with E-state index < -0.39 is 6.04 Å². The lowest BCUT2D eigenvalue weighted by molar-refractivity contribution is -0.126. The number of aromatic nitrogens is 1. The summed E-state index contributed by atoms with van der Waals surface area (Å²) in [5.74, 6) is 0.0463. The molecule has 86 valence electrons. The van der Waals surface area contributed by atoms with Gasteiger partial charge in [-0.05, 0) is 6.07 Å². The van der Waals surface area contributed by atoms with Gasteiger partial charge in [0.2, 0.25) is 0 Å². The van der Waals surface area contributed by atoms with Crippen LogP contribution in [-0.4, -0.2) is 28.8 Å². The largest absolute Gasteiger partial charge is 0.361 e.